The molecule has 0 aliphatic heterocycles. The topological polar surface area (TPSA) is 81.4 Å². The number of thiophene rings is 1. The third kappa shape index (κ3) is 4.49. The Labute approximate surface area is 156 Å². The Hall–Kier alpha value is -2.37. The zero-order valence-corrected chi connectivity index (χ0v) is 15.4. The number of methoxy groups -OCH3 is 1. The normalized spacial score (nSPS) is 12.3. The molecule has 2 aromatic heterocycles. The highest BCUT2D eigenvalue weighted by Gasteiger charge is 2.36. The molecule has 0 atom stereocenters. The second-order valence-corrected chi connectivity index (χ2v) is 8.45. The number of nitrogens with zero attached hydrogens (tertiary/aromatic N) is 1. The average Bonchev–Trinajstić information content (AvgIpc) is 3.29. The Balaban J connectivity index is 1.75. The summed E-state index contributed by atoms with van der Waals surface area (Å²) in [6.07, 6.45) is -4.66. The van der Waals surface area contributed by atoms with Gasteiger partial charge in [0.25, 0.3) is 0 Å². The van der Waals surface area contributed by atoms with E-state index in [-0.39, 0.29) is 21.3 Å². The van der Waals surface area contributed by atoms with Crippen LogP contribution in [0.1, 0.15) is 11.3 Å². The van der Waals surface area contributed by atoms with Crippen molar-refractivity contribution in [2.45, 2.75) is 16.9 Å². The lowest BCUT2D eigenvalue weighted by atomic mass is 10.2. The van der Waals surface area contributed by atoms with E-state index >= 15 is 0 Å². The van der Waals surface area contributed by atoms with E-state index < -0.39 is 22.0 Å². The Morgan fingerprint density at radius 2 is 2.00 bits per heavy atom. The summed E-state index contributed by atoms with van der Waals surface area (Å²) in [5.41, 5.74) is 0.614. The van der Waals surface area contributed by atoms with Gasteiger partial charge in [0.1, 0.15) is 15.7 Å². The Morgan fingerprint density at radius 3 is 2.67 bits per heavy atom. The average molecular weight is 418 g/mol. The van der Waals surface area contributed by atoms with E-state index in [4.69, 9.17) is 4.74 Å². The summed E-state index contributed by atoms with van der Waals surface area (Å²) in [4.78, 5) is 0.246. The molecule has 6 nitrogen and oxygen atoms in total. The van der Waals surface area contributed by atoms with Crippen LogP contribution in [0, 0.1) is 0 Å². The van der Waals surface area contributed by atoms with Crippen molar-refractivity contribution in [2.75, 3.05) is 7.11 Å². The fourth-order valence-corrected chi connectivity index (χ4v) is 4.48. The number of sulfonamides is 1. The molecule has 0 saturated heterocycles. The van der Waals surface area contributed by atoms with Gasteiger partial charge in [0.05, 0.1) is 12.0 Å². The van der Waals surface area contributed by atoms with E-state index in [1.165, 1.54) is 19.2 Å². The number of nitrogens with one attached hydrogen (secondary N) is 1. The van der Waals surface area contributed by atoms with E-state index in [0.29, 0.717) is 11.3 Å². The number of halogens is 3. The molecule has 11 heteroatoms. The molecule has 1 N–H and O–H groups in total. The van der Waals surface area contributed by atoms with Gasteiger partial charge in [-0.25, -0.2) is 13.1 Å². The Morgan fingerprint density at radius 1 is 1.22 bits per heavy atom. The maximum atomic E-state index is 12.6. The van der Waals surface area contributed by atoms with Crippen molar-refractivity contribution in [3.63, 3.8) is 0 Å². The van der Waals surface area contributed by atoms with Crippen molar-refractivity contribution in [1.82, 2.24) is 9.88 Å². The van der Waals surface area contributed by atoms with E-state index in [2.05, 4.69) is 14.4 Å². The fourth-order valence-electron chi connectivity index (χ4n) is 2.16. The van der Waals surface area contributed by atoms with Gasteiger partial charge in [-0.05, 0) is 29.8 Å². The number of aromatic nitrogens is 1. The molecule has 2 heterocycles. The molecular weight excluding hydrogens is 405 g/mol. The van der Waals surface area contributed by atoms with Crippen LogP contribution in [0.5, 0.6) is 5.75 Å². The smallest absolute Gasteiger partial charge is 0.452 e. The number of ether oxygens (including phenoxy) is 1. The molecule has 0 radical (unpaired) electrons. The molecule has 0 amide bonds. The van der Waals surface area contributed by atoms with Gasteiger partial charge in [0.2, 0.25) is 15.8 Å². The van der Waals surface area contributed by atoms with Gasteiger partial charge < -0.3 is 9.26 Å². The Kier molecular flexibility index (Phi) is 5.27. The number of hydrogen-bond donors (Lipinski definition) is 1. The quantitative estimate of drug-likeness (QED) is 0.657. The van der Waals surface area contributed by atoms with Crippen molar-refractivity contribution in [3.8, 4) is 16.3 Å². The van der Waals surface area contributed by atoms with Gasteiger partial charge in [-0.2, -0.15) is 13.2 Å². The maximum Gasteiger partial charge on any atom is 0.452 e. The number of alkyl halides is 3. The SMILES string of the molecule is COc1cccc(CNS(=O)(=O)c2ccc(-c3cc(C(F)(F)F)on3)s2)c1. The first kappa shape index (κ1) is 19.4. The van der Waals surface area contributed by atoms with Crippen molar-refractivity contribution < 1.29 is 30.8 Å². The molecule has 0 aliphatic carbocycles. The van der Waals surface area contributed by atoms with E-state index in [1.807, 2.05) is 0 Å². The summed E-state index contributed by atoms with van der Waals surface area (Å²) in [5.74, 6) is -0.650. The summed E-state index contributed by atoms with van der Waals surface area (Å²) in [6, 6.07) is 10.3. The minimum Gasteiger partial charge on any atom is -0.497 e. The summed E-state index contributed by atoms with van der Waals surface area (Å²) >= 11 is 0.795. The minimum atomic E-state index is -4.66. The highest BCUT2D eigenvalue weighted by molar-refractivity contribution is 7.91. The molecule has 27 heavy (non-hydrogen) atoms. The second-order valence-electron chi connectivity index (χ2n) is 5.37. The van der Waals surface area contributed by atoms with Crippen LogP contribution in [0.25, 0.3) is 10.6 Å². The molecular formula is C16H13F3N2O4S2. The molecule has 0 bridgehead atoms. The summed E-state index contributed by atoms with van der Waals surface area (Å²) in [7, 11) is -2.34. The van der Waals surface area contributed by atoms with Crippen molar-refractivity contribution >= 4 is 21.4 Å². The zero-order valence-electron chi connectivity index (χ0n) is 13.8. The summed E-state index contributed by atoms with van der Waals surface area (Å²) < 4.78 is 74.3. The second kappa shape index (κ2) is 7.33. The van der Waals surface area contributed by atoms with Crippen LogP contribution in [0.15, 0.2) is 51.2 Å². The van der Waals surface area contributed by atoms with Crippen molar-refractivity contribution in [1.29, 1.82) is 0 Å². The van der Waals surface area contributed by atoms with E-state index in [9.17, 15) is 21.6 Å². The van der Waals surface area contributed by atoms with Gasteiger partial charge >= 0.3 is 6.18 Å². The maximum absolute atomic E-state index is 12.6. The zero-order chi connectivity index (χ0) is 19.7. The lowest BCUT2D eigenvalue weighted by Gasteiger charge is -2.06. The van der Waals surface area contributed by atoms with Crippen LogP contribution >= 0.6 is 11.3 Å². The molecule has 3 aromatic rings. The number of rotatable bonds is 6. The molecule has 3 rings (SSSR count). The highest BCUT2D eigenvalue weighted by Crippen LogP contribution is 2.35. The molecule has 0 saturated carbocycles. The third-order valence-corrected chi connectivity index (χ3v) is 6.49. The minimum absolute atomic E-state index is 0.0367. The molecule has 0 aliphatic rings. The van der Waals surface area contributed by atoms with Crippen LogP contribution in [-0.2, 0) is 22.7 Å². The van der Waals surface area contributed by atoms with Gasteiger partial charge in [-0.1, -0.05) is 17.3 Å². The molecule has 0 spiro atoms. The standard InChI is InChI=1S/C16H13F3N2O4S2/c1-24-11-4-2-3-10(7-11)9-20-27(22,23)15-6-5-13(26-15)12-8-14(25-21-12)16(17,18)19/h2-8,20H,9H2,1H3. The predicted octanol–water partition coefficient (Wildman–Crippen LogP) is 3.91. The first-order chi connectivity index (χ1) is 12.7. The number of hydrogen-bond acceptors (Lipinski definition) is 6. The van der Waals surface area contributed by atoms with E-state index in [0.717, 1.165) is 17.4 Å². The summed E-state index contributed by atoms with van der Waals surface area (Å²) in [6.45, 7) is 0.0367. The van der Waals surface area contributed by atoms with Crippen LogP contribution in [0.2, 0.25) is 0 Å². The lowest BCUT2D eigenvalue weighted by Crippen LogP contribution is -2.22. The number of benzene rings is 1. The first-order valence-electron chi connectivity index (χ1n) is 7.46. The van der Waals surface area contributed by atoms with Crippen molar-refractivity contribution in [3.05, 3.63) is 53.8 Å². The van der Waals surface area contributed by atoms with Crippen LogP contribution in [0.4, 0.5) is 13.2 Å². The van der Waals surface area contributed by atoms with Crippen LogP contribution < -0.4 is 9.46 Å². The van der Waals surface area contributed by atoms with Gasteiger partial charge in [0, 0.05) is 12.6 Å². The summed E-state index contributed by atoms with van der Waals surface area (Å²) in [5, 5.41) is 3.35. The van der Waals surface area contributed by atoms with Gasteiger partial charge in [-0.15, -0.1) is 11.3 Å². The molecule has 0 fully saturated rings. The third-order valence-electron chi connectivity index (χ3n) is 3.49. The van der Waals surface area contributed by atoms with Crippen LogP contribution in [-0.4, -0.2) is 20.7 Å². The van der Waals surface area contributed by atoms with Gasteiger partial charge in [0.15, 0.2) is 0 Å². The molecule has 1 aromatic carbocycles. The lowest BCUT2D eigenvalue weighted by molar-refractivity contribution is -0.155. The predicted molar refractivity (Wildman–Crippen MR) is 91.8 cm³/mol. The largest absolute Gasteiger partial charge is 0.497 e. The van der Waals surface area contributed by atoms with Gasteiger partial charge in [-0.3, -0.25) is 0 Å². The molecule has 144 valence electrons. The molecule has 0 unspecified atom stereocenters. The fraction of sp³-hybridized carbons (Fsp3) is 0.188. The van der Waals surface area contributed by atoms with Crippen LogP contribution in [0.3, 0.4) is 0 Å². The first-order valence-corrected chi connectivity index (χ1v) is 9.76. The van der Waals surface area contributed by atoms with Crippen molar-refractivity contribution in [2.24, 2.45) is 0 Å². The monoisotopic (exact) mass is 418 g/mol. The highest BCUT2D eigenvalue weighted by atomic mass is 32.2. The Bertz CT molecular complexity index is 1040. The van der Waals surface area contributed by atoms with E-state index in [1.54, 1.807) is 24.3 Å².